The first-order valence-corrected chi connectivity index (χ1v) is 10.2. The second kappa shape index (κ2) is 8.59. The van der Waals surface area contributed by atoms with Crippen LogP contribution in [0.25, 0.3) is 0 Å². The Morgan fingerprint density at radius 1 is 1.17 bits per heavy atom. The summed E-state index contributed by atoms with van der Waals surface area (Å²) in [5, 5.41) is 9.44. The summed E-state index contributed by atoms with van der Waals surface area (Å²) in [6.45, 7) is 0.506. The maximum absolute atomic E-state index is 12.1. The van der Waals surface area contributed by atoms with Crippen LogP contribution in [0, 0.1) is 0 Å². The second-order valence-electron chi connectivity index (χ2n) is 7.71. The van der Waals surface area contributed by atoms with Crippen LogP contribution in [0.5, 0.6) is 5.75 Å². The molecule has 1 spiro atoms. The molecule has 2 heterocycles. The Kier molecular flexibility index (Phi) is 5.74. The van der Waals surface area contributed by atoms with E-state index < -0.39 is 0 Å². The van der Waals surface area contributed by atoms with Crippen molar-refractivity contribution in [3.05, 3.63) is 54.0 Å². The average Bonchev–Trinajstić information content (AvgIpc) is 3.41. The van der Waals surface area contributed by atoms with Crippen LogP contribution >= 0.6 is 0 Å². The smallest absolute Gasteiger partial charge is 0.239 e. The van der Waals surface area contributed by atoms with Gasteiger partial charge in [-0.05, 0) is 43.9 Å². The number of rotatable bonds is 5. The molecule has 0 saturated heterocycles. The Labute approximate surface area is 170 Å². The van der Waals surface area contributed by atoms with Gasteiger partial charge in [-0.2, -0.15) is 0 Å². The average molecular weight is 396 g/mol. The molecule has 2 aromatic rings. The SMILES string of the molecule is CN=C(NCC(=O)NCc1ccco1)NC1CC2(CCCC2)Oc2ccccc21. The van der Waals surface area contributed by atoms with Gasteiger partial charge in [-0.25, -0.2) is 0 Å². The van der Waals surface area contributed by atoms with Gasteiger partial charge in [0, 0.05) is 19.0 Å². The molecular weight excluding hydrogens is 368 g/mol. The first kappa shape index (κ1) is 19.4. The zero-order valence-electron chi connectivity index (χ0n) is 16.7. The van der Waals surface area contributed by atoms with Crippen molar-refractivity contribution in [2.45, 2.75) is 50.3 Å². The van der Waals surface area contributed by atoms with Gasteiger partial charge in [0.05, 0.1) is 25.4 Å². The molecule has 1 fully saturated rings. The Balaban J connectivity index is 1.36. The minimum atomic E-state index is -0.121. The van der Waals surface area contributed by atoms with Gasteiger partial charge in [-0.3, -0.25) is 9.79 Å². The predicted molar refractivity (Wildman–Crippen MR) is 111 cm³/mol. The Bertz CT molecular complexity index is 857. The number of amides is 1. The summed E-state index contributed by atoms with van der Waals surface area (Å²) in [6.07, 6.45) is 7.07. The van der Waals surface area contributed by atoms with Gasteiger partial charge in [0.15, 0.2) is 5.96 Å². The highest BCUT2D eigenvalue weighted by Crippen LogP contribution is 2.46. The molecule has 1 saturated carbocycles. The third-order valence-corrected chi connectivity index (χ3v) is 5.70. The monoisotopic (exact) mass is 396 g/mol. The molecule has 4 rings (SSSR count). The number of carbonyl (C=O) groups is 1. The number of ether oxygens (including phenoxy) is 1. The number of nitrogens with zero attached hydrogens (tertiary/aromatic N) is 1. The van der Waals surface area contributed by atoms with E-state index in [2.05, 4.69) is 27.0 Å². The van der Waals surface area contributed by atoms with Gasteiger partial charge in [0.1, 0.15) is 17.1 Å². The maximum Gasteiger partial charge on any atom is 0.239 e. The molecular formula is C22H28N4O3. The molecule has 154 valence electrons. The fourth-order valence-electron chi connectivity index (χ4n) is 4.26. The lowest BCUT2D eigenvalue weighted by molar-refractivity contribution is -0.120. The van der Waals surface area contributed by atoms with Crippen molar-refractivity contribution < 1.29 is 13.9 Å². The summed E-state index contributed by atoms with van der Waals surface area (Å²) in [5.74, 6) is 2.16. The van der Waals surface area contributed by atoms with Crippen molar-refractivity contribution in [3.8, 4) is 5.75 Å². The third-order valence-electron chi connectivity index (χ3n) is 5.70. The third kappa shape index (κ3) is 4.55. The zero-order chi connectivity index (χ0) is 20.1. The maximum atomic E-state index is 12.1. The van der Waals surface area contributed by atoms with E-state index in [0.717, 1.165) is 36.3 Å². The Hall–Kier alpha value is -2.96. The van der Waals surface area contributed by atoms with Crippen LogP contribution in [0.15, 0.2) is 52.1 Å². The van der Waals surface area contributed by atoms with E-state index in [1.54, 1.807) is 19.4 Å². The summed E-state index contributed by atoms with van der Waals surface area (Å²) in [7, 11) is 1.71. The number of furan rings is 1. The molecule has 2 aliphatic rings. The number of hydrogen-bond acceptors (Lipinski definition) is 4. The molecule has 3 N–H and O–H groups in total. The van der Waals surface area contributed by atoms with Crippen molar-refractivity contribution in [2.75, 3.05) is 13.6 Å². The number of benzene rings is 1. The number of nitrogens with one attached hydrogen (secondary N) is 3. The quantitative estimate of drug-likeness (QED) is 0.534. The highest BCUT2D eigenvalue weighted by Gasteiger charge is 2.43. The van der Waals surface area contributed by atoms with E-state index in [1.165, 1.54) is 12.8 Å². The summed E-state index contributed by atoms with van der Waals surface area (Å²) >= 11 is 0. The Morgan fingerprint density at radius 3 is 2.76 bits per heavy atom. The van der Waals surface area contributed by atoms with Gasteiger partial charge in [0.2, 0.25) is 5.91 Å². The highest BCUT2D eigenvalue weighted by atomic mass is 16.5. The molecule has 1 aliphatic carbocycles. The predicted octanol–water partition coefficient (Wildman–Crippen LogP) is 2.90. The lowest BCUT2D eigenvalue weighted by Gasteiger charge is -2.40. The molecule has 0 radical (unpaired) electrons. The fraction of sp³-hybridized carbons (Fsp3) is 0.455. The standard InChI is InChI=1S/C22H28N4O3/c1-23-21(25-15-20(27)24-14-16-7-6-12-28-16)26-18-13-22(10-4-5-11-22)29-19-9-3-2-8-17(18)19/h2-3,6-9,12,18H,4-5,10-11,13-15H2,1H3,(H,24,27)(H2,23,25,26). The first-order valence-electron chi connectivity index (χ1n) is 10.2. The number of carbonyl (C=O) groups excluding carboxylic acids is 1. The highest BCUT2D eigenvalue weighted by molar-refractivity contribution is 5.86. The van der Waals surface area contributed by atoms with Gasteiger partial charge in [-0.15, -0.1) is 0 Å². The van der Waals surface area contributed by atoms with Crippen LogP contribution in [0.3, 0.4) is 0 Å². The summed E-state index contributed by atoms with van der Waals surface area (Å²) in [6, 6.07) is 11.9. The topological polar surface area (TPSA) is 87.9 Å². The van der Waals surface area contributed by atoms with Gasteiger partial charge < -0.3 is 25.1 Å². The molecule has 0 bridgehead atoms. The molecule has 7 nitrogen and oxygen atoms in total. The van der Waals surface area contributed by atoms with Crippen LogP contribution in [0.2, 0.25) is 0 Å². The van der Waals surface area contributed by atoms with E-state index >= 15 is 0 Å². The van der Waals surface area contributed by atoms with E-state index in [0.29, 0.717) is 12.5 Å². The molecule has 1 aliphatic heterocycles. The lowest BCUT2D eigenvalue weighted by atomic mass is 9.86. The lowest BCUT2D eigenvalue weighted by Crippen LogP contribution is -2.48. The van der Waals surface area contributed by atoms with Crippen molar-refractivity contribution in [3.63, 3.8) is 0 Å². The summed E-state index contributed by atoms with van der Waals surface area (Å²) in [5.41, 5.74) is 1.04. The number of fused-ring (bicyclic) bond motifs is 1. The first-order chi connectivity index (χ1) is 14.2. The van der Waals surface area contributed by atoms with Crippen molar-refractivity contribution in [1.82, 2.24) is 16.0 Å². The van der Waals surface area contributed by atoms with Crippen molar-refractivity contribution >= 4 is 11.9 Å². The molecule has 1 aromatic heterocycles. The number of guanidine groups is 1. The summed E-state index contributed by atoms with van der Waals surface area (Å²) in [4.78, 5) is 16.4. The van der Waals surface area contributed by atoms with Gasteiger partial charge >= 0.3 is 0 Å². The minimum Gasteiger partial charge on any atom is -0.487 e. The number of hydrogen-bond donors (Lipinski definition) is 3. The molecule has 1 atom stereocenters. The second-order valence-corrected chi connectivity index (χ2v) is 7.71. The van der Waals surface area contributed by atoms with Crippen molar-refractivity contribution in [2.24, 2.45) is 4.99 Å². The van der Waals surface area contributed by atoms with E-state index in [4.69, 9.17) is 9.15 Å². The van der Waals surface area contributed by atoms with Gasteiger partial charge in [-0.1, -0.05) is 18.2 Å². The van der Waals surface area contributed by atoms with Crippen LogP contribution in [-0.4, -0.2) is 31.1 Å². The fourth-order valence-corrected chi connectivity index (χ4v) is 4.26. The molecule has 1 amide bonds. The normalized spacial score (nSPS) is 20.0. The minimum absolute atomic E-state index is 0.0920. The molecule has 7 heteroatoms. The summed E-state index contributed by atoms with van der Waals surface area (Å²) < 4.78 is 11.6. The molecule has 29 heavy (non-hydrogen) atoms. The van der Waals surface area contributed by atoms with Crippen LogP contribution < -0.4 is 20.7 Å². The van der Waals surface area contributed by atoms with Gasteiger partial charge in [0.25, 0.3) is 0 Å². The molecule has 1 unspecified atom stereocenters. The largest absolute Gasteiger partial charge is 0.487 e. The van der Waals surface area contributed by atoms with E-state index in [-0.39, 0.29) is 24.1 Å². The number of aliphatic imine (C=N–C) groups is 1. The van der Waals surface area contributed by atoms with Crippen LogP contribution in [-0.2, 0) is 11.3 Å². The van der Waals surface area contributed by atoms with Crippen LogP contribution in [0.1, 0.15) is 49.5 Å². The Morgan fingerprint density at radius 2 is 2.00 bits per heavy atom. The van der Waals surface area contributed by atoms with Crippen molar-refractivity contribution in [1.29, 1.82) is 0 Å². The van der Waals surface area contributed by atoms with E-state index in [1.807, 2.05) is 24.3 Å². The molecule has 1 aromatic carbocycles. The van der Waals surface area contributed by atoms with Crippen LogP contribution in [0.4, 0.5) is 0 Å². The zero-order valence-corrected chi connectivity index (χ0v) is 16.7. The number of para-hydroxylation sites is 1. The van der Waals surface area contributed by atoms with E-state index in [9.17, 15) is 4.79 Å².